The lowest BCUT2D eigenvalue weighted by Gasteiger charge is -2.21. The van der Waals surface area contributed by atoms with Crippen LogP contribution in [0.5, 0.6) is 0 Å². The Hall–Kier alpha value is -3.18. The predicted molar refractivity (Wildman–Crippen MR) is 144 cm³/mol. The van der Waals surface area contributed by atoms with Crippen LogP contribution in [0.4, 0.5) is 0 Å². The van der Waals surface area contributed by atoms with E-state index in [0.29, 0.717) is 42.0 Å². The second kappa shape index (κ2) is 9.70. The number of nitrogens with zero attached hydrogens (tertiary/aromatic N) is 1. The number of aromatic amines is 1. The maximum absolute atomic E-state index is 13.2. The number of pyridine rings is 1. The molecule has 0 amide bonds. The minimum atomic E-state index is -3.98. The molecule has 184 valence electrons. The van der Waals surface area contributed by atoms with Crippen LogP contribution >= 0.6 is 22.6 Å². The van der Waals surface area contributed by atoms with Gasteiger partial charge in [-0.3, -0.25) is 4.79 Å². The van der Waals surface area contributed by atoms with Crippen molar-refractivity contribution in [3.05, 3.63) is 103 Å². The first-order valence-corrected chi connectivity index (χ1v) is 14.1. The third-order valence-corrected chi connectivity index (χ3v) is 8.74. The number of H-pyrrole nitrogens is 1. The predicted octanol–water partition coefficient (Wildman–Crippen LogP) is 4.60. The summed E-state index contributed by atoms with van der Waals surface area (Å²) in [5, 5.41) is 0. The second-order valence-corrected chi connectivity index (χ2v) is 11.7. The van der Waals surface area contributed by atoms with Crippen LogP contribution in [0.1, 0.15) is 34.1 Å². The van der Waals surface area contributed by atoms with Crippen LogP contribution in [0.3, 0.4) is 0 Å². The number of fused-ring (bicyclic) bond motifs is 3. The lowest BCUT2D eigenvalue weighted by atomic mass is 9.94. The molecule has 0 spiro atoms. The Morgan fingerprint density at radius 2 is 1.72 bits per heavy atom. The topological polar surface area (TPSA) is 98.2 Å². The summed E-state index contributed by atoms with van der Waals surface area (Å²) < 4.78 is 34.7. The van der Waals surface area contributed by atoms with E-state index in [9.17, 15) is 18.0 Å². The molecule has 1 N–H and O–H groups in total. The van der Waals surface area contributed by atoms with E-state index in [2.05, 4.69) is 27.6 Å². The Kier molecular flexibility index (Phi) is 6.60. The molecule has 0 bridgehead atoms. The third kappa shape index (κ3) is 4.41. The van der Waals surface area contributed by atoms with E-state index in [4.69, 9.17) is 4.74 Å². The summed E-state index contributed by atoms with van der Waals surface area (Å²) >= 11 is 2.24. The monoisotopic (exact) mass is 614 g/mol. The minimum Gasteiger partial charge on any atom is -0.461 e. The number of halogens is 1. The van der Waals surface area contributed by atoms with Crippen LogP contribution in [0.2, 0.25) is 0 Å². The molecule has 9 heteroatoms. The number of benzene rings is 2. The van der Waals surface area contributed by atoms with Crippen molar-refractivity contribution >= 4 is 38.4 Å². The molecule has 2 aromatic carbocycles. The standard InChI is InChI=1S/C27H23IN2O5S/c1-2-35-27(32)22-14-19-11-10-18-15-23(36(33,34)21-6-4-3-5-7-21)26(31)29-24(18)25(19)30(22)16-17-8-12-20(28)13-9-17/h3-9,12-15H,2,10-11,16H2,1H3,(H,29,31). The molecule has 0 fully saturated rings. The van der Waals surface area contributed by atoms with Crippen molar-refractivity contribution in [3.63, 3.8) is 0 Å². The average Bonchev–Trinajstić information content (AvgIpc) is 3.24. The normalized spacial score (nSPS) is 12.6. The van der Waals surface area contributed by atoms with Gasteiger partial charge in [0.15, 0.2) is 0 Å². The van der Waals surface area contributed by atoms with E-state index in [-0.39, 0.29) is 16.4 Å². The highest BCUT2D eigenvalue weighted by molar-refractivity contribution is 14.1. The molecule has 0 atom stereocenters. The Morgan fingerprint density at radius 1 is 1.03 bits per heavy atom. The number of carbonyl (C=O) groups excluding carboxylic acids is 1. The lowest BCUT2D eigenvalue weighted by molar-refractivity contribution is 0.0514. The number of sulfone groups is 1. The van der Waals surface area contributed by atoms with Crippen LogP contribution in [0.25, 0.3) is 11.4 Å². The molecule has 1 aliphatic carbocycles. The minimum absolute atomic E-state index is 0.0682. The fraction of sp³-hybridized carbons (Fsp3) is 0.185. The maximum atomic E-state index is 13.2. The van der Waals surface area contributed by atoms with Crippen molar-refractivity contribution in [2.24, 2.45) is 0 Å². The van der Waals surface area contributed by atoms with Crippen molar-refractivity contribution in [2.45, 2.75) is 36.1 Å². The number of nitrogens with one attached hydrogen (secondary N) is 1. The van der Waals surface area contributed by atoms with Crippen LogP contribution in [-0.4, -0.2) is 30.5 Å². The molecular formula is C27H23IN2O5S. The Balaban J connectivity index is 1.67. The van der Waals surface area contributed by atoms with Gasteiger partial charge >= 0.3 is 5.97 Å². The summed E-state index contributed by atoms with van der Waals surface area (Å²) in [6.07, 6.45) is 1.14. The SMILES string of the molecule is CCOC(=O)c1cc2c(n1Cc1ccc(I)cc1)-c1[nH]c(=O)c(S(=O)(=O)c3ccccc3)cc1CC2. The van der Waals surface area contributed by atoms with Crippen LogP contribution in [0, 0.1) is 3.57 Å². The van der Waals surface area contributed by atoms with Gasteiger partial charge in [-0.15, -0.1) is 0 Å². The van der Waals surface area contributed by atoms with Crippen LogP contribution in [0.15, 0.2) is 81.3 Å². The van der Waals surface area contributed by atoms with Gasteiger partial charge in [0.25, 0.3) is 5.56 Å². The third-order valence-electron chi connectivity index (χ3n) is 6.25. The number of ether oxygens (including phenoxy) is 1. The number of hydrogen-bond acceptors (Lipinski definition) is 5. The Labute approximate surface area is 222 Å². The summed E-state index contributed by atoms with van der Waals surface area (Å²) in [5.74, 6) is -0.440. The number of hydrogen-bond donors (Lipinski definition) is 1. The van der Waals surface area contributed by atoms with Gasteiger partial charge < -0.3 is 14.3 Å². The molecule has 2 heterocycles. The van der Waals surface area contributed by atoms with Crippen molar-refractivity contribution in [1.82, 2.24) is 9.55 Å². The number of rotatable bonds is 6. The molecule has 0 saturated heterocycles. The zero-order valence-electron chi connectivity index (χ0n) is 19.5. The first-order valence-electron chi connectivity index (χ1n) is 11.5. The van der Waals surface area contributed by atoms with Gasteiger partial charge in [0.2, 0.25) is 9.84 Å². The van der Waals surface area contributed by atoms with Gasteiger partial charge in [0.1, 0.15) is 10.6 Å². The lowest BCUT2D eigenvalue weighted by Crippen LogP contribution is -2.22. The molecule has 2 aromatic heterocycles. The largest absolute Gasteiger partial charge is 0.461 e. The smallest absolute Gasteiger partial charge is 0.354 e. The summed E-state index contributed by atoms with van der Waals surface area (Å²) in [7, 11) is -3.98. The van der Waals surface area contributed by atoms with E-state index in [1.54, 1.807) is 25.1 Å². The van der Waals surface area contributed by atoms with Gasteiger partial charge in [-0.05, 0) is 95.4 Å². The maximum Gasteiger partial charge on any atom is 0.354 e. The zero-order valence-corrected chi connectivity index (χ0v) is 22.4. The molecule has 0 aliphatic heterocycles. The first kappa shape index (κ1) is 24.5. The molecule has 5 rings (SSSR count). The molecule has 0 radical (unpaired) electrons. The number of aryl methyl sites for hydroxylation is 2. The van der Waals surface area contributed by atoms with E-state index >= 15 is 0 Å². The molecule has 7 nitrogen and oxygen atoms in total. The van der Waals surface area contributed by atoms with Crippen molar-refractivity contribution in [1.29, 1.82) is 0 Å². The van der Waals surface area contributed by atoms with Gasteiger partial charge in [0, 0.05) is 10.1 Å². The van der Waals surface area contributed by atoms with Gasteiger partial charge in [0.05, 0.1) is 22.9 Å². The van der Waals surface area contributed by atoms with Crippen molar-refractivity contribution in [3.8, 4) is 11.4 Å². The highest BCUT2D eigenvalue weighted by Crippen LogP contribution is 2.36. The average molecular weight is 614 g/mol. The zero-order chi connectivity index (χ0) is 25.4. The van der Waals surface area contributed by atoms with E-state index < -0.39 is 21.4 Å². The Morgan fingerprint density at radius 3 is 2.42 bits per heavy atom. The summed E-state index contributed by atoms with van der Waals surface area (Å²) in [6.45, 7) is 2.39. The fourth-order valence-corrected chi connectivity index (χ4v) is 6.28. The number of aromatic nitrogens is 2. The summed E-state index contributed by atoms with van der Waals surface area (Å²) in [4.78, 5) is 28.6. The molecular weight excluding hydrogens is 591 g/mol. The fourth-order valence-electron chi connectivity index (χ4n) is 4.56. The molecule has 4 aromatic rings. The molecule has 1 aliphatic rings. The van der Waals surface area contributed by atoms with Crippen molar-refractivity contribution < 1.29 is 17.9 Å². The summed E-state index contributed by atoms with van der Waals surface area (Å²) in [5.41, 5.74) is 3.56. The summed E-state index contributed by atoms with van der Waals surface area (Å²) in [6, 6.07) is 19.2. The van der Waals surface area contributed by atoms with Gasteiger partial charge in [-0.25, -0.2) is 13.2 Å². The number of esters is 1. The van der Waals surface area contributed by atoms with E-state index in [0.717, 1.165) is 14.7 Å². The van der Waals surface area contributed by atoms with Crippen LogP contribution < -0.4 is 5.56 Å². The molecule has 0 unspecified atom stereocenters. The quantitative estimate of drug-likeness (QED) is 0.253. The van der Waals surface area contributed by atoms with Gasteiger partial charge in [-0.1, -0.05) is 30.3 Å². The second-order valence-electron chi connectivity index (χ2n) is 8.52. The molecule has 36 heavy (non-hydrogen) atoms. The van der Waals surface area contributed by atoms with Crippen LogP contribution in [-0.2, 0) is 34.0 Å². The van der Waals surface area contributed by atoms with E-state index in [1.165, 1.54) is 18.2 Å². The van der Waals surface area contributed by atoms with E-state index in [1.807, 2.05) is 34.9 Å². The number of carbonyl (C=O) groups is 1. The first-order chi connectivity index (χ1) is 17.3. The highest BCUT2D eigenvalue weighted by Gasteiger charge is 2.30. The highest BCUT2D eigenvalue weighted by atomic mass is 127. The van der Waals surface area contributed by atoms with Gasteiger partial charge in [-0.2, -0.15) is 0 Å². The molecule has 0 saturated carbocycles. The van der Waals surface area contributed by atoms with Crippen molar-refractivity contribution in [2.75, 3.05) is 6.61 Å². The Bertz CT molecular complexity index is 1620.